The molecular weight excluding hydrogens is 444 g/mol. The highest BCUT2D eigenvalue weighted by Crippen LogP contribution is 2.29. The second-order valence-corrected chi connectivity index (χ2v) is 8.85. The first-order valence-electron chi connectivity index (χ1n) is 7.61. The molecule has 0 spiro atoms. The van der Waals surface area contributed by atoms with Crippen LogP contribution in [-0.4, -0.2) is 33.0 Å². The van der Waals surface area contributed by atoms with Crippen molar-refractivity contribution in [1.82, 2.24) is 0 Å². The number of halogens is 2. The molecule has 0 radical (unpaired) electrons. The molecule has 0 aliphatic rings. The number of Topliss-reactive ketones (excluding diaryl/α,β-unsaturated/α-hetero) is 1. The first-order valence-corrected chi connectivity index (χ1v) is 10.7. The summed E-state index contributed by atoms with van der Waals surface area (Å²) in [5.41, 5.74) is 0.514. The Kier molecular flexibility index (Phi) is 6.60. The van der Waals surface area contributed by atoms with E-state index >= 15 is 0 Å². The Morgan fingerprint density at radius 2 is 1.77 bits per heavy atom. The van der Waals surface area contributed by atoms with E-state index in [9.17, 15) is 18.0 Å². The molecule has 0 saturated carbocycles. The van der Waals surface area contributed by atoms with Gasteiger partial charge in [-0.25, -0.2) is 8.42 Å². The minimum Gasteiger partial charge on any atom is -0.465 e. The molecule has 1 atom stereocenters. The normalized spacial score (nSPS) is 12.5. The van der Waals surface area contributed by atoms with Crippen molar-refractivity contribution in [2.75, 3.05) is 12.9 Å². The van der Waals surface area contributed by atoms with E-state index in [-0.39, 0.29) is 22.1 Å². The summed E-state index contributed by atoms with van der Waals surface area (Å²) in [6.45, 7) is 1.77. The number of benzene rings is 2. The molecule has 0 aliphatic carbocycles. The molecule has 2 rings (SSSR count). The van der Waals surface area contributed by atoms with Crippen LogP contribution in [0.5, 0.6) is 0 Å². The van der Waals surface area contributed by atoms with Gasteiger partial charge in [-0.15, -0.1) is 0 Å². The third-order valence-electron chi connectivity index (χ3n) is 3.62. The molecule has 2 aromatic rings. The molecule has 0 saturated heterocycles. The highest BCUT2D eigenvalue weighted by Gasteiger charge is 2.32. The van der Waals surface area contributed by atoms with Gasteiger partial charge in [0.25, 0.3) is 0 Å². The van der Waals surface area contributed by atoms with Crippen molar-refractivity contribution in [2.24, 2.45) is 0 Å². The molecule has 26 heavy (non-hydrogen) atoms. The molecule has 0 bridgehead atoms. The quantitative estimate of drug-likeness (QED) is 0.370. The van der Waals surface area contributed by atoms with Gasteiger partial charge in [-0.1, -0.05) is 39.7 Å². The Morgan fingerprint density at radius 3 is 2.27 bits per heavy atom. The summed E-state index contributed by atoms with van der Waals surface area (Å²) in [6.07, 6.45) is 1.05. The third kappa shape index (κ3) is 4.72. The van der Waals surface area contributed by atoms with Crippen molar-refractivity contribution in [1.29, 1.82) is 0 Å². The van der Waals surface area contributed by atoms with Crippen LogP contribution < -0.4 is 0 Å². The zero-order chi connectivity index (χ0) is 19.5. The van der Waals surface area contributed by atoms with E-state index in [0.29, 0.717) is 5.56 Å². The second kappa shape index (κ2) is 8.33. The van der Waals surface area contributed by atoms with Gasteiger partial charge in [0.05, 0.1) is 16.5 Å². The van der Waals surface area contributed by atoms with Gasteiger partial charge in [-0.2, -0.15) is 0 Å². The van der Waals surface area contributed by atoms with Crippen molar-refractivity contribution in [3.8, 4) is 0 Å². The summed E-state index contributed by atoms with van der Waals surface area (Å²) < 4.78 is 29.1. The van der Waals surface area contributed by atoms with Crippen LogP contribution in [0, 0.1) is 0 Å². The molecule has 138 valence electrons. The number of sulfone groups is 1. The molecule has 5 nitrogen and oxygen atoms in total. The Labute approximate surface area is 165 Å². The predicted molar refractivity (Wildman–Crippen MR) is 102 cm³/mol. The number of ether oxygens (including phenoxy) is 1. The fraction of sp³-hybridized carbons (Fsp3) is 0.222. The van der Waals surface area contributed by atoms with E-state index in [0.717, 1.165) is 10.7 Å². The zero-order valence-electron chi connectivity index (χ0n) is 14.0. The molecular formula is C18H16BrClO5S. The molecule has 0 unspecified atom stereocenters. The van der Waals surface area contributed by atoms with Crippen LogP contribution in [0.25, 0.3) is 0 Å². The second-order valence-electron chi connectivity index (χ2n) is 5.51. The summed E-state index contributed by atoms with van der Waals surface area (Å²) >= 11 is 9.43. The van der Waals surface area contributed by atoms with Crippen molar-refractivity contribution >= 4 is 49.1 Å². The lowest BCUT2D eigenvalue weighted by Crippen LogP contribution is -2.24. The number of carbonyl (C=O) groups excluding carboxylic acids is 2. The summed E-state index contributed by atoms with van der Waals surface area (Å²) in [5.74, 6) is -2.44. The summed E-state index contributed by atoms with van der Waals surface area (Å²) in [4.78, 5) is 25.4. The largest absolute Gasteiger partial charge is 0.465 e. The Bertz CT molecular complexity index is 939. The van der Waals surface area contributed by atoms with Gasteiger partial charge in [0.2, 0.25) is 0 Å². The molecule has 0 N–H and O–H groups in total. The number of hydrogen-bond acceptors (Lipinski definition) is 5. The van der Waals surface area contributed by atoms with Gasteiger partial charge >= 0.3 is 5.97 Å². The van der Waals surface area contributed by atoms with Crippen LogP contribution in [-0.2, 0) is 19.4 Å². The maximum Gasteiger partial charge on any atom is 0.321 e. The molecule has 0 aliphatic heterocycles. The van der Waals surface area contributed by atoms with Gasteiger partial charge in [0.15, 0.2) is 15.6 Å². The fourth-order valence-corrected chi connectivity index (χ4v) is 3.61. The van der Waals surface area contributed by atoms with E-state index in [4.69, 9.17) is 16.3 Å². The van der Waals surface area contributed by atoms with E-state index in [1.54, 1.807) is 31.2 Å². The minimum absolute atomic E-state index is 0.00428. The van der Waals surface area contributed by atoms with Crippen LogP contribution in [0.4, 0.5) is 0 Å². The monoisotopic (exact) mass is 458 g/mol. The van der Waals surface area contributed by atoms with Crippen LogP contribution in [0.2, 0.25) is 5.02 Å². The van der Waals surface area contributed by atoms with Gasteiger partial charge in [-0.05, 0) is 42.8 Å². The van der Waals surface area contributed by atoms with E-state index in [1.807, 2.05) is 0 Å². The Hall–Kier alpha value is -1.70. The number of esters is 1. The molecule has 0 amide bonds. The van der Waals surface area contributed by atoms with Gasteiger partial charge in [0, 0.05) is 16.3 Å². The first kappa shape index (κ1) is 20.6. The number of rotatable bonds is 6. The zero-order valence-corrected chi connectivity index (χ0v) is 17.2. The maximum absolute atomic E-state index is 13.0. The predicted octanol–water partition coefficient (Wildman–Crippen LogP) is 4.04. The number of carbonyl (C=O) groups is 2. The first-order chi connectivity index (χ1) is 12.1. The highest BCUT2D eigenvalue weighted by atomic mass is 79.9. The smallest absolute Gasteiger partial charge is 0.321 e. The lowest BCUT2D eigenvalue weighted by Gasteiger charge is -2.16. The maximum atomic E-state index is 13.0. The summed E-state index contributed by atoms with van der Waals surface area (Å²) in [5, 5.41) is -0.0377. The van der Waals surface area contributed by atoms with E-state index in [2.05, 4.69) is 15.9 Å². The lowest BCUT2D eigenvalue weighted by atomic mass is 9.90. The SMILES string of the molecule is CCOC(=O)[C@@H](C(=O)c1ccc(S(C)(=O)=O)cc1Cl)c1ccc(Br)cc1. The molecule has 0 fully saturated rings. The van der Waals surface area contributed by atoms with Gasteiger partial charge < -0.3 is 4.74 Å². The summed E-state index contributed by atoms with van der Waals surface area (Å²) in [6, 6.07) is 10.5. The van der Waals surface area contributed by atoms with E-state index in [1.165, 1.54) is 18.2 Å². The number of hydrogen-bond donors (Lipinski definition) is 0. The Morgan fingerprint density at radius 1 is 1.15 bits per heavy atom. The van der Waals surface area contributed by atoms with Crippen molar-refractivity contribution in [3.05, 3.63) is 63.1 Å². The molecule has 0 heterocycles. The number of ketones is 1. The molecule has 0 aromatic heterocycles. The topological polar surface area (TPSA) is 77.5 Å². The highest BCUT2D eigenvalue weighted by molar-refractivity contribution is 9.10. The van der Waals surface area contributed by atoms with Gasteiger partial charge in [-0.3, -0.25) is 9.59 Å². The van der Waals surface area contributed by atoms with Gasteiger partial charge in [0.1, 0.15) is 5.92 Å². The van der Waals surface area contributed by atoms with Crippen molar-refractivity contribution < 1.29 is 22.7 Å². The van der Waals surface area contributed by atoms with Crippen molar-refractivity contribution in [3.63, 3.8) is 0 Å². The molecule has 2 aromatic carbocycles. The minimum atomic E-state index is -3.46. The average Bonchev–Trinajstić information content (AvgIpc) is 2.56. The summed E-state index contributed by atoms with van der Waals surface area (Å²) in [7, 11) is -3.46. The lowest BCUT2D eigenvalue weighted by molar-refractivity contribution is -0.143. The average molecular weight is 460 g/mol. The van der Waals surface area contributed by atoms with Crippen LogP contribution in [0.15, 0.2) is 51.8 Å². The standard InChI is InChI=1S/C18H16BrClO5S/c1-3-25-18(22)16(11-4-6-12(19)7-5-11)17(21)14-9-8-13(10-15(14)20)26(2,23)24/h4-10,16H,3H2,1-2H3/t16-/m1/s1. The van der Waals surface area contributed by atoms with Crippen LogP contribution in [0.3, 0.4) is 0 Å². The Balaban J connectivity index is 2.50. The van der Waals surface area contributed by atoms with Crippen molar-refractivity contribution in [2.45, 2.75) is 17.7 Å². The van der Waals surface area contributed by atoms with Crippen LogP contribution >= 0.6 is 27.5 Å². The van der Waals surface area contributed by atoms with E-state index < -0.39 is 27.5 Å². The van der Waals surface area contributed by atoms with Crippen LogP contribution in [0.1, 0.15) is 28.8 Å². The molecule has 8 heteroatoms. The third-order valence-corrected chi connectivity index (χ3v) is 5.57. The fourth-order valence-electron chi connectivity index (χ4n) is 2.36.